The second-order valence-corrected chi connectivity index (χ2v) is 3.26. The van der Waals surface area contributed by atoms with Crippen molar-refractivity contribution in [3.8, 4) is 11.3 Å². The third kappa shape index (κ3) is 1.74. The third-order valence-electron chi connectivity index (χ3n) is 2.08. The molecule has 0 aliphatic heterocycles. The van der Waals surface area contributed by atoms with E-state index in [0.717, 1.165) is 11.1 Å². The minimum absolute atomic E-state index is 0.167. The fourth-order valence-electron chi connectivity index (χ4n) is 1.41. The first-order chi connectivity index (χ1) is 7.18. The Labute approximate surface area is 86.7 Å². The number of nitrogens with two attached hydrogens (primary N) is 1. The quantitative estimate of drug-likeness (QED) is 0.806. The van der Waals surface area contributed by atoms with Crippen LogP contribution < -0.4 is 5.73 Å². The van der Waals surface area contributed by atoms with Crippen LogP contribution in [-0.2, 0) is 0 Å². The summed E-state index contributed by atoms with van der Waals surface area (Å²) in [5.74, 6) is -0.161. The van der Waals surface area contributed by atoms with Gasteiger partial charge in [0, 0.05) is 5.56 Å². The van der Waals surface area contributed by atoms with Gasteiger partial charge < -0.3 is 10.2 Å². The van der Waals surface area contributed by atoms with Gasteiger partial charge in [-0.2, -0.15) is 0 Å². The van der Waals surface area contributed by atoms with Gasteiger partial charge in [0.1, 0.15) is 0 Å². The van der Waals surface area contributed by atoms with Crippen LogP contribution in [0.5, 0.6) is 0 Å². The van der Waals surface area contributed by atoms with Gasteiger partial charge in [0.15, 0.2) is 17.8 Å². The molecule has 4 heteroatoms. The summed E-state index contributed by atoms with van der Waals surface area (Å²) >= 11 is 0. The lowest BCUT2D eigenvalue weighted by molar-refractivity contribution is 0.0996. The topological polar surface area (TPSA) is 69.1 Å². The molecule has 1 amide bonds. The number of rotatable bonds is 2. The second kappa shape index (κ2) is 3.57. The van der Waals surface area contributed by atoms with Crippen LogP contribution in [-0.4, -0.2) is 10.9 Å². The van der Waals surface area contributed by atoms with Crippen molar-refractivity contribution < 1.29 is 9.21 Å². The molecule has 0 saturated carbocycles. The molecule has 2 N–H and O–H groups in total. The molecule has 1 heterocycles. The molecule has 1 aromatic heterocycles. The first kappa shape index (κ1) is 9.45. The van der Waals surface area contributed by atoms with Crippen molar-refractivity contribution in [1.29, 1.82) is 0 Å². The van der Waals surface area contributed by atoms with Crippen molar-refractivity contribution in [3.05, 3.63) is 41.9 Å². The van der Waals surface area contributed by atoms with Crippen LogP contribution in [0.15, 0.2) is 35.1 Å². The zero-order valence-electron chi connectivity index (χ0n) is 8.23. The number of aromatic nitrogens is 1. The van der Waals surface area contributed by atoms with Crippen LogP contribution in [0.4, 0.5) is 0 Å². The van der Waals surface area contributed by atoms with Crippen LogP contribution in [0.3, 0.4) is 0 Å². The third-order valence-corrected chi connectivity index (χ3v) is 2.08. The van der Waals surface area contributed by atoms with E-state index in [0.29, 0.717) is 5.76 Å². The number of oxazole rings is 1. The highest BCUT2D eigenvalue weighted by molar-refractivity contribution is 5.96. The normalized spacial score (nSPS) is 10.2. The van der Waals surface area contributed by atoms with E-state index in [4.69, 9.17) is 10.2 Å². The maximum atomic E-state index is 11.0. The lowest BCUT2D eigenvalue weighted by Gasteiger charge is -1.99. The van der Waals surface area contributed by atoms with Crippen LogP contribution in [0.2, 0.25) is 0 Å². The largest absolute Gasteiger partial charge is 0.443 e. The maximum Gasteiger partial charge on any atom is 0.271 e. The van der Waals surface area contributed by atoms with Crippen molar-refractivity contribution in [2.24, 2.45) is 5.73 Å². The zero-order valence-corrected chi connectivity index (χ0v) is 8.23. The van der Waals surface area contributed by atoms with Crippen molar-refractivity contribution in [2.75, 3.05) is 0 Å². The Morgan fingerprint density at radius 3 is 2.93 bits per heavy atom. The molecule has 2 rings (SSSR count). The minimum Gasteiger partial charge on any atom is -0.443 e. The Kier molecular flexibility index (Phi) is 2.25. The number of carbonyl (C=O) groups excluding carboxylic acids is 1. The first-order valence-electron chi connectivity index (χ1n) is 4.49. The zero-order chi connectivity index (χ0) is 10.8. The Balaban J connectivity index is 2.54. The number of amides is 1. The smallest absolute Gasteiger partial charge is 0.271 e. The van der Waals surface area contributed by atoms with Gasteiger partial charge in [-0.15, -0.1) is 0 Å². The summed E-state index contributed by atoms with van der Waals surface area (Å²) in [5.41, 5.74) is 7.23. The summed E-state index contributed by atoms with van der Waals surface area (Å²) in [4.78, 5) is 14.8. The molecule has 0 aliphatic rings. The molecule has 76 valence electrons. The summed E-state index contributed by atoms with van der Waals surface area (Å²) in [6.45, 7) is 1.96. The second-order valence-electron chi connectivity index (χ2n) is 3.26. The SMILES string of the molecule is Cc1cccc(-c2ocnc2C(N)=O)c1. The van der Waals surface area contributed by atoms with Gasteiger partial charge in [0.05, 0.1) is 0 Å². The number of hydrogen-bond acceptors (Lipinski definition) is 3. The molecule has 1 aromatic carbocycles. The van der Waals surface area contributed by atoms with E-state index in [1.807, 2.05) is 31.2 Å². The standard InChI is InChI=1S/C11H10N2O2/c1-7-3-2-4-8(5-7)10-9(11(12)14)13-6-15-10/h2-6H,1H3,(H2,12,14). The molecule has 0 saturated heterocycles. The van der Waals surface area contributed by atoms with E-state index < -0.39 is 5.91 Å². The van der Waals surface area contributed by atoms with E-state index in [9.17, 15) is 4.79 Å². The number of aryl methyl sites for hydroxylation is 1. The lowest BCUT2D eigenvalue weighted by atomic mass is 10.1. The molecule has 0 bridgehead atoms. The summed E-state index contributed by atoms with van der Waals surface area (Å²) < 4.78 is 5.16. The van der Waals surface area contributed by atoms with Crippen LogP contribution >= 0.6 is 0 Å². The molecule has 0 radical (unpaired) electrons. The average Bonchev–Trinajstić information content (AvgIpc) is 2.65. The van der Waals surface area contributed by atoms with Crippen LogP contribution in [0.25, 0.3) is 11.3 Å². The highest BCUT2D eigenvalue weighted by atomic mass is 16.3. The van der Waals surface area contributed by atoms with Crippen LogP contribution in [0.1, 0.15) is 16.1 Å². The summed E-state index contributed by atoms with van der Waals surface area (Å²) in [7, 11) is 0. The predicted octanol–water partition coefficient (Wildman–Crippen LogP) is 1.75. The molecular formula is C11H10N2O2. The van der Waals surface area contributed by atoms with Gasteiger partial charge in [-0.05, 0) is 13.0 Å². The van der Waals surface area contributed by atoms with Gasteiger partial charge in [-0.3, -0.25) is 4.79 Å². The Hall–Kier alpha value is -2.10. The van der Waals surface area contributed by atoms with Crippen molar-refractivity contribution in [2.45, 2.75) is 6.92 Å². The minimum atomic E-state index is -0.583. The highest BCUT2D eigenvalue weighted by Gasteiger charge is 2.15. The van der Waals surface area contributed by atoms with E-state index in [1.54, 1.807) is 0 Å². The molecule has 15 heavy (non-hydrogen) atoms. The van der Waals surface area contributed by atoms with Gasteiger partial charge in [-0.25, -0.2) is 4.98 Å². The molecule has 4 nitrogen and oxygen atoms in total. The van der Waals surface area contributed by atoms with E-state index in [2.05, 4.69) is 4.98 Å². The summed E-state index contributed by atoms with van der Waals surface area (Å²) in [5, 5.41) is 0. The van der Waals surface area contributed by atoms with Crippen molar-refractivity contribution in [1.82, 2.24) is 4.98 Å². The van der Waals surface area contributed by atoms with Gasteiger partial charge in [0.2, 0.25) is 0 Å². The summed E-state index contributed by atoms with van der Waals surface area (Å²) in [6, 6.07) is 7.61. The molecule has 0 atom stereocenters. The maximum absolute atomic E-state index is 11.0. The van der Waals surface area contributed by atoms with Gasteiger partial charge in [-0.1, -0.05) is 23.8 Å². The van der Waals surface area contributed by atoms with Crippen molar-refractivity contribution in [3.63, 3.8) is 0 Å². The van der Waals surface area contributed by atoms with Crippen LogP contribution in [0, 0.1) is 6.92 Å². The number of primary amides is 1. The molecular weight excluding hydrogens is 192 g/mol. The Morgan fingerprint density at radius 1 is 1.47 bits per heavy atom. The molecule has 0 fully saturated rings. The molecule has 0 aliphatic carbocycles. The Morgan fingerprint density at radius 2 is 2.27 bits per heavy atom. The number of hydrogen-bond donors (Lipinski definition) is 1. The first-order valence-corrected chi connectivity index (χ1v) is 4.49. The van der Waals surface area contributed by atoms with Gasteiger partial charge in [0.25, 0.3) is 5.91 Å². The number of nitrogens with zero attached hydrogens (tertiary/aromatic N) is 1. The molecule has 0 unspecified atom stereocenters. The molecule has 2 aromatic rings. The average molecular weight is 202 g/mol. The number of benzene rings is 1. The van der Waals surface area contributed by atoms with E-state index in [1.165, 1.54) is 6.39 Å². The van der Waals surface area contributed by atoms with E-state index >= 15 is 0 Å². The fraction of sp³-hybridized carbons (Fsp3) is 0.0909. The Bertz CT molecular complexity index is 503. The lowest BCUT2D eigenvalue weighted by Crippen LogP contribution is -2.12. The predicted molar refractivity (Wildman–Crippen MR) is 55.2 cm³/mol. The van der Waals surface area contributed by atoms with E-state index in [-0.39, 0.29) is 5.69 Å². The monoisotopic (exact) mass is 202 g/mol. The number of carbonyl (C=O) groups is 1. The molecule has 0 spiro atoms. The fourth-order valence-corrected chi connectivity index (χ4v) is 1.41. The summed E-state index contributed by atoms with van der Waals surface area (Å²) in [6.07, 6.45) is 1.22. The highest BCUT2D eigenvalue weighted by Crippen LogP contribution is 2.23. The van der Waals surface area contributed by atoms with Crippen molar-refractivity contribution >= 4 is 5.91 Å². The van der Waals surface area contributed by atoms with Gasteiger partial charge >= 0.3 is 0 Å².